The van der Waals surface area contributed by atoms with Crippen LogP contribution in [0.3, 0.4) is 0 Å². The van der Waals surface area contributed by atoms with E-state index in [-0.39, 0.29) is 11.6 Å². The zero-order valence-electron chi connectivity index (χ0n) is 8.08. The van der Waals surface area contributed by atoms with Crippen molar-refractivity contribution in [3.05, 3.63) is 0 Å². The van der Waals surface area contributed by atoms with Gasteiger partial charge >= 0.3 is 0 Å². The van der Waals surface area contributed by atoms with Crippen molar-refractivity contribution in [3.8, 4) is 0 Å². The maximum absolute atomic E-state index is 9.27. The molecule has 1 heterocycles. The van der Waals surface area contributed by atoms with Gasteiger partial charge in [-0.1, -0.05) is 0 Å². The van der Waals surface area contributed by atoms with Crippen molar-refractivity contribution in [2.24, 2.45) is 5.73 Å². The molecule has 0 aromatic carbocycles. The van der Waals surface area contributed by atoms with E-state index in [4.69, 9.17) is 5.73 Å². The average molecular weight is 172 g/mol. The summed E-state index contributed by atoms with van der Waals surface area (Å²) in [5.41, 5.74) is 5.79. The summed E-state index contributed by atoms with van der Waals surface area (Å²) < 4.78 is 0. The van der Waals surface area contributed by atoms with Crippen LogP contribution < -0.4 is 5.73 Å². The molecule has 1 fully saturated rings. The lowest BCUT2D eigenvalue weighted by Gasteiger charge is -2.34. The molecule has 0 radical (unpaired) electrons. The van der Waals surface area contributed by atoms with Gasteiger partial charge in [0.2, 0.25) is 0 Å². The van der Waals surface area contributed by atoms with Crippen LogP contribution in [0.4, 0.5) is 0 Å². The summed E-state index contributed by atoms with van der Waals surface area (Å²) in [7, 11) is 0. The summed E-state index contributed by atoms with van der Waals surface area (Å²) in [5.74, 6) is 0. The number of aliphatic hydroxyl groups is 1. The highest BCUT2D eigenvalue weighted by atomic mass is 16.3. The highest BCUT2D eigenvalue weighted by Crippen LogP contribution is 2.12. The van der Waals surface area contributed by atoms with Crippen LogP contribution in [0.1, 0.15) is 26.7 Å². The molecule has 1 aliphatic heterocycles. The SMILES string of the molecule is CC(C)(N)CN1CCC(O)CC1. The molecule has 3 heteroatoms. The Hall–Kier alpha value is -0.120. The van der Waals surface area contributed by atoms with Gasteiger partial charge in [-0.15, -0.1) is 0 Å². The molecule has 1 rings (SSSR count). The summed E-state index contributed by atoms with van der Waals surface area (Å²) in [6.07, 6.45) is 1.72. The molecule has 3 N–H and O–H groups in total. The molecule has 0 aliphatic carbocycles. The minimum atomic E-state index is -0.109. The molecule has 12 heavy (non-hydrogen) atoms. The fraction of sp³-hybridized carbons (Fsp3) is 1.00. The lowest BCUT2D eigenvalue weighted by molar-refractivity contribution is 0.0741. The first-order valence-corrected chi connectivity index (χ1v) is 4.67. The Morgan fingerprint density at radius 3 is 2.33 bits per heavy atom. The molecule has 0 atom stereocenters. The summed E-state index contributed by atoms with van der Waals surface area (Å²) in [6.45, 7) is 6.99. The van der Waals surface area contributed by atoms with E-state index in [1.807, 2.05) is 13.8 Å². The second kappa shape index (κ2) is 3.73. The topological polar surface area (TPSA) is 49.5 Å². The van der Waals surface area contributed by atoms with Gasteiger partial charge in [0.15, 0.2) is 0 Å². The van der Waals surface area contributed by atoms with Crippen LogP contribution in [-0.4, -0.2) is 41.3 Å². The summed E-state index contributed by atoms with van der Waals surface area (Å²) in [6, 6.07) is 0. The number of rotatable bonds is 2. The quantitative estimate of drug-likeness (QED) is 0.625. The minimum absolute atomic E-state index is 0.0814. The normalized spacial score (nSPS) is 23.0. The summed E-state index contributed by atoms with van der Waals surface area (Å²) >= 11 is 0. The Labute approximate surface area is 74.5 Å². The molecule has 0 bridgehead atoms. The molecule has 0 spiro atoms. The fourth-order valence-corrected chi connectivity index (χ4v) is 1.65. The van der Waals surface area contributed by atoms with Gasteiger partial charge in [-0.3, -0.25) is 0 Å². The van der Waals surface area contributed by atoms with E-state index >= 15 is 0 Å². The fourth-order valence-electron chi connectivity index (χ4n) is 1.65. The van der Waals surface area contributed by atoms with Gasteiger partial charge in [0.25, 0.3) is 0 Å². The Bertz CT molecular complexity index is 134. The number of likely N-dealkylation sites (tertiary alicyclic amines) is 1. The van der Waals surface area contributed by atoms with Crippen LogP contribution in [0.2, 0.25) is 0 Å². The monoisotopic (exact) mass is 172 g/mol. The minimum Gasteiger partial charge on any atom is -0.393 e. The van der Waals surface area contributed by atoms with E-state index < -0.39 is 0 Å². The number of nitrogens with zero attached hydrogens (tertiary/aromatic N) is 1. The van der Waals surface area contributed by atoms with Crippen LogP contribution in [0, 0.1) is 0 Å². The smallest absolute Gasteiger partial charge is 0.0564 e. The van der Waals surface area contributed by atoms with Crippen LogP contribution in [-0.2, 0) is 0 Å². The van der Waals surface area contributed by atoms with Gasteiger partial charge in [0.1, 0.15) is 0 Å². The van der Waals surface area contributed by atoms with E-state index in [0.29, 0.717) is 0 Å². The van der Waals surface area contributed by atoms with Crippen molar-refractivity contribution in [3.63, 3.8) is 0 Å². The predicted molar refractivity (Wildman–Crippen MR) is 49.9 cm³/mol. The first kappa shape index (κ1) is 9.96. The van der Waals surface area contributed by atoms with Crippen LogP contribution in [0.15, 0.2) is 0 Å². The highest BCUT2D eigenvalue weighted by Gasteiger charge is 2.21. The Morgan fingerprint density at radius 2 is 1.92 bits per heavy atom. The van der Waals surface area contributed by atoms with Crippen molar-refractivity contribution < 1.29 is 5.11 Å². The zero-order chi connectivity index (χ0) is 9.19. The Balaban J connectivity index is 2.26. The molecule has 72 valence electrons. The molecule has 1 saturated heterocycles. The van der Waals surface area contributed by atoms with Crippen molar-refractivity contribution in [2.75, 3.05) is 19.6 Å². The predicted octanol–water partition coefficient (Wildman–Crippen LogP) is 0.180. The lowest BCUT2D eigenvalue weighted by atomic mass is 10.0. The van der Waals surface area contributed by atoms with E-state index in [0.717, 1.165) is 32.5 Å². The third-order valence-electron chi connectivity index (χ3n) is 2.19. The molecule has 0 amide bonds. The van der Waals surface area contributed by atoms with E-state index in [2.05, 4.69) is 4.90 Å². The van der Waals surface area contributed by atoms with Gasteiger partial charge in [0, 0.05) is 25.2 Å². The van der Waals surface area contributed by atoms with Crippen molar-refractivity contribution in [1.29, 1.82) is 0 Å². The van der Waals surface area contributed by atoms with Gasteiger partial charge in [0.05, 0.1) is 6.10 Å². The van der Waals surface area contributed by atoms with E-state index in [1.165, 1.54) is 0 Å². The first-order valence-electron chi connectivity index (χ1n) is 4.67. The second-order valence-electron chi connectivity index (χ2n) is 4.50. The third-order valence-corrected chi connectivity index (χ3v) is 2.19. The molecule has 0 aromatic rings. The number of hydrogen-bond acceptors (Lipinski definition) is 3. The number of nitrogens with two attached hydrogens (primary N) is 1. The third kappa shape index (κ3) is 3.52. The maximum Gasteiger partial charge on any atom is 0.0564 e. The van der Waals surface area contributed by atoms with Crippen molar-refractivity contribution >= 4 is 0 Å². The van der Waals surface area contributed by atoms with E-state index in [1.54, 1.807) is 0 Å². The van der Waals surface area contributed by atoms with Gasteiger partial charge in [-0.25, -0.2) is 0 Å². The average Bonchev–Trinajstić information content (AvgIpc) is 1.91. The molecular weight excluding hydrogens is 152 g/mol. The van der Waals surface area contributed by atoms with Crippen LogP contribution in [0.5, 0.6) is 0 Å². The molecule has 0 aromatic heterocycles. The number of hydrogen-bond donors (Lipinski definition) is 2. The zero-order valence-corrected chi connectivity index (χ0v) is 8.08. The molecule has 0 unspecified atom stereocenters. The van der Waals surface area contributed by atoms with Crippen molar-refractivity contribution in [2.45, 2.75) is 38.3 Å². The summed E-state index contributed by atoms with van der Waals surface area (Å²) in [5, 5.41) is 9.27. The number of aliphatic hydroxyl groups excluding tert-OH is 1. The molecular formula is C9H20N2O. The van der Waals surface area contributed by atoms with Gasteiger partial charge in [-0.2, -0.15) is 0 Å². The molecule has 3 nitrogen and oxygen atoms in total. The van der Waals surface area contributed by atoms with Crippen LogP contribution >= 0.6 is 0 Å². The van der Waals surface area contributed by atoms with Crippen LogP contribution in [0.25, 0.3) is 0 Å². The summed E-state index contributed by atoms with van der Waals surface area (Å²) in [4.78, 5) is 2.33. The Kier molecular flexibility index (Phi) is 3.09. The molecule has 0 saturated carbocycles. The second-order valence-corrected chi connectivity index (χ2v) is 4.50. The maximum atomic E-state index is 9.27. The standard InChI is InChI=1S/C9H20N2O/c1-9(2,10)7-11-5-3-8(12)4-6-11/h8,12H,3-7,10H2,1-2H3. The Morgan fingerprint density at radius 1 is 1.42 bits per heavy atom. The van der Waals surface area contributed by atoms with Gasteiger partial charge in [-0.05, 0) is 26.7 Å². The lowest BCUT2D eigenvalue weighted by Crippen LogP contribution is -2.48. The van der Waals surface area contributed by atoms with Crippen molar-refractivity contribution in [1.82, 2.24) is 4.90 Å². The largest absolute Gasteiger partial charge is 0.393 e. The van der Waals surface area contributed by atoms with Gasteiger partial charge < -0.3 is 15.7 Å². The van der Waals surface area contributed by atoms with E-state index in [9.17, 15) is 5.11 Å². The first-order chi connectivity index (χ1) is 5.47. The highest BCUT2D eigenvalue weighted by molar-refractivity contribution is 4.80. The molecule has 1 aliphatic rings. The number of piperidine rings is 1.